The van der Waals surface area contributed by atoms with Gasteiger partial charge >= 0.3 is 0 Å². The second kappa shape index (κ2) is 16.7. The molecule has 5 aromatic heterocycles. The molecule has 2 saturated heterocycles. The number of rotatable bonds is 8. The Morgan fingerprint density at radius 2 is 1.30 bits per heavy atom. The van der Waals surface area contributed by atoms with Crippen LogP contribution < -0.4 is 9.80 Å². The lowest BCUT2D eigenvalue weighted by atomic mass is 10.1. The van der Waals surface area contributed by atoms with E-state index in [1.807, 2.05) is 45.2 Å². The van der Waals surface area contributed by atoms with Gasteiger partial charge in [0.05, 0.1) is 90.1 Å². The Bertz CT molecular complexity index is 2950. The molecule has 3 aliphatic carbocycles. The van der Waals surface area contributed by atoms with Crippen LogP contribution in [-0.2, 0) is 50.4 Å². The maximum absolute atomic E-state index is 14.0. The van der Waals surface area contributed by atoms with E-state index in [0.29, 0.717) is 56.6 Å². The molecule has 0 radical (unpaired) electrons. The Balaban J connectivity index is 0.000000166. The van der Waals surface area contributed by atoms with Gasteiger partial charge in [0.15, 0.2) is 11.6 Å². The number of ether oxygens (including phenoxy) is 2. The zero-order valence-corrected chi connectivity index (χ0v) is 41.8. The van der Waals surface area contributed by atoms with Gasteiger partial charge in [0.2, 0.25) is 0 Å². The standard InChI is InChI=1S/C25H33N5O2S.C24H32N6O2S/c1-17-16-32-14-13-30(17)22-15-21(25(10-11-25)33(5,31)29-24(2,3)4)27-23(28-22)19-9-12-26-20-8-6-7-18(19)20;1-16-15-32-13-12-29(16)20-14-19(24(8-9-24)33(5,25)31)27-21(28-20)17-6-10-26-22-18(17)7-11-30(22)23(2,3)4/h6-7,9,12,15,17H,8,10-11,13-14,16H2,1-5H3;6-7,10-11,14,16,25H,8-9,12-13,15H2,1-5H3/t17-,33-;16-,33-/m11/s1. The van der Waals surface area contributed by atoms with Crippen LogP contribution in [0, 0.1) is 4.78 Å². The molecular weight excluding hydrogens is 871 g/mol. The molecule has 15 nitrogen and oxygen atoms in total. The van der Waals surface area contributed by atoms with Crippen molar-refractivity contribution in [2.75, 3.05) is 61.8 Å². The second-order valence-electron chi connectivity index (χ2n) is 20.8. The Hall–Kier alpha value is -4.84. The van der Waals surface area contributed by atoms with E-state index in [2.05, 4.69) is 89.4 Å². The van der Waals surface area contributed by atoms with E-state index < -0.39 is 29.0 Å². The SMILES string of the molecule is C[C@@H]1COCCN1c1cc(C2([S@@](C)(=O)=NC(C)(C)C)CC2)nc(-c2ccnc3c2C=CC3)n1.C[C@@H]1COCCN1c1cc(C2([S@](C)(=N)=O)CC2)nc(-c2ccnc3c2ccn3C(C)(C)C)n1. The molecule has 2 aliphatic heterocycles. The van der Waals surface area contributed by atoms with Crippen molar-refractivity contribution in [1.82, 2.24) is 34.5 Å². The van der Waals surface area contributed by atoms with Gasteiger partial charge in [0.25, 0.3) is 0 Å². The summed E-state index contributed by atoms with van der Waals surface area (Å²) in [5, 5.41) is 0.985. The molecule has 352 valence electrons. The summed E-state index contributed by atoms with van der Waals surface area (Å²) in [5.74, 6) is 2.94. The highest BCUT2D eigenvalue weighted by Gasteiger charge is 2.55. The van der Waals surface area contributed by atoms with Crippen LogP contribution in [0.1, 0.15) is 104 Å². The number of anilines is 2. The summed E-state index contributed by atoms with van der Waals surface area (Å²) >= 11 is 0. The smallest absolute Gasteiger partial charge is 0.162 e. The van der Waals surface area contributed by atoms with E-state index in [-0.39, 0.29) is 23.2 Å². The highest BCUT2D eigenvalue weighted by molar-refractivity contribution is 7.94. The van der Waals surface area contributed by atoms with Crippen molar-refractivity contribution >= 4 is 48.2 Å². The van der Waals surface area contributed by atoms with Gasteiger partial charge in [-0.3, -0.25) is 9.76 Å². The van der Waals surface area contributed by atoms with Gasteiger partial charge in [-0.25, -0.2) is 37.7 Å². The molecule has 1 N–H and O–H groups in total. The predicted molar refractivity (Wildman–Crippen MR) is 264 cm³/mol. The maximum Gasteiger partial charge on any atom is 0.162 e. The van der Waals surface area contributed by atoms with Gasteiger partial charge in [0, 0.05) is 90.4 Å². The Kier molecular flexibility index (Phi) is 11.7. The van der Waals surface area contributed by atoms with Gasteiger partial charge in [-0.15, -0.1) is 0 Å². The lowest BCUT2D eigenvalue weighted by Gasteiger charge is -2.35. The average Bonchev–Trinajstić information content (AvgIpc) is 4.16. The largest absolute Gasteiger partial charge is 0.377 e. The van der Waals surface area contributed by atoms with Crippen LogP contribution in [0.2, 0.25) is 0 Å². The van der Waals surface area contributed by atoms with Crippen LogP contribution in [0.4, 0.5) is 11.6 Å². The van der Waals surface area contributed by atoms with Crippen molar-refractivity contribution in [3.05, 3.63) is 77.6 Å². The fraction of sp³-hybridized carbons (Fsp3) is 0.551. The molecule has 0 unspecified atom stereocenters. The van der Waals surface area contributed by atoms with Crippen LogP contribution >= 0.6 is 0 Å². The number of nitrogens with zero attached hydrogens (tertiary/aromatic N) is 10. The summed E-state index contributed by atoms with van der Waals surface area (Å²) in [6, 6.07) is 10.4. The van der Waals surface area contributed by atoms with Gasteiger partial charge in [-0.1, -0.05) is 12.2 Å². The fourth-order valence-corrected chi connectivity index (χ4v) is 13.6. The van der Waals surface area contributed by atoms with E-state index in [0.717, 1.165) is 83.1 Å². The summed E-state index contributed by atoms with van der Waals surface area (Å²) in [6.07, 6.45) is 17.2. The molecule has 0 bridgehead atoms. The van der Waals surface area contributed by atoms with Gasteiger partial charge < -0.3 is 23.8 Å². The molecule has 10 rings (SSSR count). The summed E-state index contributed by atoms with van der Waals surface area (Å²) in [4.78, 5) is 33.7. The van der Waals surface area contributed by atoms with Crippen LogP contribution in [0.5, 0.6) is 0 Å². The monoisotopic (exact) mass is 935 g/mol. The normalized spacial score (nSPS) is 22.8. The van der Waals surface area contributed by atoms with E-state index in [4.69, 9.17) is 38.6 Å². The van der Waals surface area contributed by atoms with E-state index in [1.54, 1.807) is 12.5 Å². The molecule has 5 aliphatic rings. The first-order chi connectivity index (χ1) is 31.1. The minimum absolute atomic E-state index is 0.110. The molecule has 4 atom stereocenters. The molecule has 5 aromatic rings. The average molecular weight is 936 g/mol. The number of hydrogen-bond donors (Lipinski definition) is 1. The summed E-state index contributed by atoms with van der Waals surface area (Å²) in [7, 11) is -5.33. The number of hydrogen-bond acceptors (Lipinski definition) is 14. The molecule has 0 amide bonds. The first-order valence-electron chi connectivity index (χ1n) is 23.2. The highest BCUT2D eigenvalue weighted by atomic mass is 32.2. The molecule has 0 spiro atoms. The number of pyridine rings is 2. The molecule has 2 saturated carbocycles. The molecule has 7 heterocycles. The number of nitrogens with one attached hydrogen (secondary N) is 1. The Labute approximate surface area is 390 Å². The zero-order valence-electron chi connectivity index (χ0n) is 40.1. The first kappa shape index (κ1) is 46.3. The predicted octanol–water partition coefficient (Wildman–Crippen LogP) is 8.36. The van der Waals surface area contributed by atoms with E-state index in [1.165, 1.54) is 6.26 Å². The van der Waals surface area contributed by atoms with Crippen molar-refractivity contribution in [2.45, 2.75) is 120 Å². The molecule has 0 aromatic carbocycles. The third kappa shape index (κ3) is 8.64. The lowest BCUT2D eigenvalue weighted by Crippen LogP contribution is -2.44. The molecule has 66 heavy (non-hydrogen) atoms. The van der Waals surface area contributed by atoms with Crippen LogP contribution in [0.25, 0.3) is 39.9 Å². The van der Waals surface area contributed by atoms with Crippen LogP contribution in [-0.4, -0.2) is 113 Å². The van der Waals surface area contributed by atoms with Crippen molar-refractivity contribution in [3.8, 4) is 22.8 Å². The fourth-order valence-electron chi connectivity index (χ4n) is 9.64. The van der Waals surface area contributed by atoms with Crippen LogP contribution in [0.15, 0.2) is 59.4 Å². The number of allylic oxidation sites excluding steroid dienone is 1. The van der Waals surface area contributed by atoms with Gasteiger partial charge in [-0.2, -0.15) is 0 Å². The van der Waals surface area contributed by atoms with Crippen LogP contribution in [0.3, 0.4) is 0 Å². The van der Waals surface area contributed by atoms with E-state index >= 15 is 0 Å². The number of morpholine rings is 2. The maximum atomic E-state index is 14.0. The minimum atomic E-state index is -2.81. The third-order valence-corrected chi connectivity index (χ3v) is 18.5. The van der Waals surface area contributed by atoms with Crippen molar-refractivity contribution < 1.29 is 17.9 Å². The topological polar surface area (TPSA) is 178 Å². The number of fused-ring (bicyclic) bond motifs is 2. The first-order valence-corrected chi connectivity index (χ1v) is 27.1. The minimum Gasteiger partial charge on any atom is -0.377 e. The second-order valence-corrected chi connectivity index (χ2v) is 25.8. The Morgan fingerprint density at radius 3 is 1.83 bits per heavy atom. The Morgan fingerprint density at radius 1 is 0.758 bits per heavy atom. The highest BCUT2D eigenvalue weighted by Crippen LogP contribution is 2.55. The van der Waals surface area contributed by atoms with Crippen molar-refractivity contribution in [3.63, 3.8) is 0 Å². The third-order valence-electron chi connectivity index (χ3n) is 13.5. The summed E-state index contributed by atoms with van der Waals surface area (Å²) < 4.78 is 52.3. The summed E-state index contributed by atoms with van der Waals surface area (Å²) in [5.41, 5.74) is 5.95. The molecular formula is C49H65N11O4S2. The quantitative estimate of drug-likeness (QED) is 0.158. The van der Waals surface area contributed by atoms with Gasteiger partial charge in [-0.05, 0) is 99.3 Å². The lowest BCUT2D eigenvalue weighted by molar-refractivity contribution is 0.0985. The summed E-state index contributed by atoms with van der Waals surface area (Å²) in [6.45, 7) is 20.9. The molecule has 17 heteroatoms. The van der Waals surface area contributed by atoms with Crippen molar-refractivity contribution in [2.24, 2.45) is 4.36 Å². The number of aromatic nitrogens is 7. The van der Waals surface area contributed by atoms with Gasteiger partial charge in [0.1, 0.15) is 17.3 Å². The molecule has 4 fully saturated rings. The van der Waals surface area contributed by atoms with Crippen molar-refractivity contribution in [1.29, 1.82) is 4.78 Å². The zero-order chi connectivity index (χ0) is 47.0. The van der Waals surface area contributed by atoms with E-state index in [9.17, 15) is 8.42 Å².